The standard InChI is InChI=1S/C16H26N2/c1-4-18(12-13(2)3)15-10-9-14-7-5-6-8-16(14)17-11-15/h5-8,13,15,17H,4,9-12H2,1-3H3. The molecule has 1 aliphatic heterocycles. The van der Waals surface area contributed by atoms with Crippen molar-refractivity contribution in [2.75, 3.05) is 25.0 Å². The van der Waals surface area contributed by atoms with Crippen molar-refractivity contribution in [3.63, 3.8) is 0 Å². The molecule has 0 aliphatic carbocycles. The summed E-state index contributed by atoms with van der Waals surface area (Å²) in [6, 6.07) is 9.40. The summed E-state index contributed by atoms with van der Waals surface area (Å²) in [5.41, 5.74) is 2.81. The van der Waals surface area contributed by atoms with Crippen LogP contribution in [0.3, 0.4) is 0 Å². The molecule has 100 valence electrons. The lowest BCUT2D eigenvalue weighted by molar-refractivity contribution is 0.184. The fourth-order valence-corrected chi connectivity index (χ4v) is 2.88. The maximum atomic E-state index is 3.62. The Morgan fingerprint density at radius 2 is 2.11 bits per heavy atom. The molecule has 0 saturated carbocycles. The molecular formula is C16H26N2. The first-order valence-electron chi connectivity index (χ1n) is 7.26. The molecule has 1 heterocycles. The topological polar surface area (TPSA) is 15.3 Å². The first kappa shape index (κ1) is 13.4. The first-order valence-corrected chi connectivity index (χ1v) is 7.26. The lowest BCUT2D eigenvalue weighted by Crippen LogP contribution is -2.41. The van der Waals surface area contributed by atoms with Gasteiger partial charge in [0.1, 0.15) is 0 Å². The molecule has 0 aromatic heterocycles. The number of rotatable bonds is 4. The maximum Gasteiger partial charge on any atom is 0.0373 e. The molecule has 2 heteroatoms. The lowest BCUT2D eigenvalue weighted by Gasteiger charge is -2.31. The molecule has 0 amide bonds. The van der Waals surface area contributed by atoms with E-state index in [2.05, 4.69) is 55.3 Å². The number of fused-ring (bicyclic) bond motifs is 1. The van der Waals surface area contributed by atoms with Crippen LogP contribution in [0.25, 0.3) is 0 Å². The minimum atomic E-state index is 0.671. The summed E-state index contributed by atoms with van der Waals surface area (Å²) in [4.78, 5) is 2.63. The van der Waals surface area contributed by atoms with E-state index in [0.717, 1.165) is 19.0 Å². The van der Waals surface area contributed by atoms with Gasteiger partial charge < -0.3 is 5.32 Å². The zero-order valence-electron chi connectivity index (χ0n) is 11.9. The van der Waals surface area contributed by atoms with Gasteiger partial charge in [-0.25, -0.2) is 0 Å². The highest BCUT2D eigenvalue weighted by Gasteiger charge is 2.21. The van der Waals surface area contributed by atoms with Crippen LogP contribution in [-0.4, -0.2) is 30.6 Å². The average molecular weight is 246 g/mol. The minimum Gasteiger partial charge on any atom is -0.383 e. The monoisotopic (exact) mass is 246 g/mol. The van der Waals surface area contributed by atoms with Crippen LogP contribution in [0.2, 0.25) is 0 Å². The summed E-state index contributed by atoms with van der Waals surface area (Å²) in [6.07, 6.45) is 2.47. The van der Waals surface area contributed by atoms with Crippen LogP contribution in [0.1, 0.15) is 32.8 Å². The van der Waals surface area contributed by atoms with Crippen molar-refractivity contribution in [3.8, 4) is 0 Å². The second kappa shape index (κ2) is 6.24. The summed E-state index contributed by atoms with van der Waals surface area (Å²) >= 11 is 0. The van der Waals surface area contributed by atoms with Gasteiger partial charge in [-0.1, -0.05) is 39.0 Å². The molecule has 1 aromatic carbocycles. The number of anilines is 1. The summed E-state index contributed by atoms with van der Waals surface area (Å²) in [6.45, 7) is 10.3. The Balaban J connectivity index is 2.02. The zero-order chi connectivity index (χ0) is 13.0. The molecule has 0 fully saturated rings. The lowest BCUT2D eigenvalue weighted by atomic mass is 10.0. The smallest absolute Gasteiger partial charge is 0.0373 e. The predicted octanol–water partition coefficient (Wildman–Crippen LogP) is 3.39. The van der Waals surface area contributed by atoms with Gasteiger partial charge in [-0.15, -0.1) is 0 Å². The van der Waals surface area contributed by atoms with Gasteiger partial charge >= 0.3 is 0 Å². The van der Waals surface area contributed by atoms with E-state index in [1.165, 1.54) is 30.6 Å². The van der Waals surface area contributed by atoms with Crippen LogP contribution in [0.15, 0.2) is 24.3 Å². The summed E-state index contributed by atoms with van der Waals surface area (Å²) in [5.74, 6) is 0.746. The Morgan fingerprint density at radius 3 is 2.83 bits per heavy atom. The van der Waals surface area contributed by atoms with Crippen LogP contribution < -0.4 is 5.32 Å². The van der Waals surface area contributed by atoms with Gasteiger partial charge in [-0.2, -0.15) is 0 Å². The number of benzene rings is 1. The van der Waals surface area contributed by atoms with E-state index >= 15 is 0 Å². The van der Waals surface area contributed by atoms with E-state index < -0.39 is 0 Å². The Kier molecular flexibility index (Phi) is 4.65. The van der Waals surface area contributed by atoms with E-state index in [-0.39, 0.29) is 0 Å². The van der Waals surface area contributed by atoms with Crippen LogP contribution in [0.5, 0.6) is 0 Å². The van der Waals surface area contributed by atoms with Crippen molar-refractivity contribution in [1.82, 2.24) is 4.90 Å². The fraction of sp³-hybridized carbons (Fsp3) is 0.625. The summed E-state index contributed by atoms with van der Waals surface area (Å²) in [7, 11) is 0. The van der Waals surface area contributed by atoms with Crippen molar-refractivity contribution < 1.29 is 0 Å². The Morgan fingerprint density at radius 1 is 1.33 bits per heavy atom. The number of nitrogens with one attached hydrogen (secondary N) is 1. The quantitative estimate of drug-likeness (QED) is 0.876. The van der Waals surface area contributed by atoms with Gasteiger partial charge in [0.15, 0.2) is 0 Å². The summed E-state index contributed by atoms with van der Waals surface area (Å²) < 4.78 is 0. The third kappa shape index (κ3) is 3.26. The number of aryl methyl sites for hydroxylation is 1. The van der Waals surface area contributed by atoms with E-state index in [1.54, 1.807) is 0 Å². The van der Waals surface area contributed by atoms with Gasteiger partial charge in [-0.3, -0.25) is 4.90 Å². The van der Waals surface area contributed by atoms with E-state index in [0.29, 0.717) is 6.04 Å². The maximum absolute atomic E-state index is 3.62. The van der Waals surface area contributed by atoms with E-state index in [4.69, 9.17) is 0 Å². The predicted molar refractivity (Wildman–Crippen MR) is 79.1 cm³/mol. The van der Waals surface area contributed by atoms with Crippen molar-refractivity contribution in [2.45, 2.75) is 39.7 Å². The molecule has 1 aromatic rings. The van der Waals surface area contributed by atoms with Crippen LogP contribution in [0.4, 0.5) is 5.69 Å². The van der Waals surface area contributed by atoms with Gasteiger partial charge in [-0.05, 0) is 36.9 Å². The molecule has 1 atom stereocenters. The molecule has 1 aliphatic rings. The highest BCUT2D eigenvalue weighted by Crippen LogP contribution is 2.23. The molecule has 1 unspecified atom stereocenters. The third-order valence-corrected chi connectivity index (χ3v) is 3.81. The number of nitrogens with zero attached hydrogens (tertiary/aromatic N) is 1. The van der Waals surface area contributed by atoms with Gasteiger partial charge in [0.2, 0.25) is 0 Å². The van der Waals surface area contributed by atoms with Crippen LogP contribution >= 0.6 is 0 Å². The van der Waals surface area contributed by atoms with E-state index in [1.807, 2.05) is 0 Å². The summed E-state index contributed by atoms with van der Waals surface area (Å²) in [5, 5.41) is 3.62. The van der Waals surface area contributed by atoms with Crippen LogP contribution in [-0.2, 0) is 6.42 Å². The molecule has 0 bridgehead atoms. The SMILES string of the molecule is CCN(CC(C)C)C1CCc2ccccc2NC1. The van der Waals surface area contributed by atoms with Crippen molar-refractivity contribution in [2.24, 2.45) is 5.92 Å². The molecule has 1 N–H and O–H groups in total. The molecule has 2 rings (SSSR count). The van der Waals surface area contributed by atoms with Crippen molar-refractivity contribution in [3.05, 3.63) is 29.8 Å². The largest absolute Gasteiger partial charge is 0.383 e. The minimum absolute atomic E-state index is 0.671. The normalized spacial score (nSPS) is 19.5. The van der Waals surface area contributed by atoms with Crippen LogP contribution in [0, 0.1) is 5.92 Å². The van der Waals surface area contributed by atoms with Gasteiger partial charge in [0.05, 0.1) is 0 Å². The first-order chi connectivity index (χ1) is 8.70. The zero-order valence-corrected chi connectivity index (χ0v) is 11.9. The number of likely N-dealkylation sites (N-methyl/N-ethyl adjacent to an activating group) is 1. The average Bonchev–Trinajstić information content (AvgIpc) is 2.58. The Hall–Kier alpha value is -1.02. The van der Waals surface area contributed by atoms with Gasteiger partial charge in [0.25, 0.3) is 0 Å². The second-order valence-electron chi connectivity index (χ2n) is 5.71. The molecule has 18 heavy (non-hydrogen) atoms. The highest BCUT2D eigenvalue weighted by molar-refractivity contribution is 5.52. The number of para-hydroxylation sites is 1. The van der Waals surface area contributed by atoms with Crippen molar-refractivity contribution >= 4 is 5.69 Å². The molecule has 0 saturated heterocycles. The third-order valence-electron chi connectivity index (χ3n) is 3.81. The molecular weight excluding hydrogens is 220 g/mol. The van der Waals surface area contributed by atoms with Crippen molar-refractivity contribution in [1.29, 1.82) is 0 Å². The fourth-order valence-electron chi connectivity index (χ4n) is 2.88. The Bertz CT molecular complexity index is 346. The Labute approximate surface area is 111 Å². The van der Waals surface area contributed by atoms with E-state index in [9.17, 15) is 0 Å². The number of hydrogen-bond donors (Lipinski definition) is 1. The molecule has 0 radical (unpaired) electrons. The second-order valence-corrected chi connectivity index (χ2v) is 5.71. The molecule has 2 nitrogen and oxygen atoms in total. The van der Waals surface area contributed by atoms with Gasteiger partial charge in [0, 0.05) is 24.8 Å². The number of hydrogen-bond acceptors (Lipinski definition) is 2. The highest BCUT2D eigenvalue weighted by atomic mass is 15.2. The molecule has 0 spiro atoms.